The highest BCUT2D eigenvalue weighted by molar-refractivity contribution is 9.10. The van der Waals surface area contributed by atoms with Gasteiger partial charge < -0.3 is 15.8 Å². The first-order valence-electron chi connectivity index (χ1n) is 7.90. The zero-order chi connectivity index (χ0) is 19.4. The summed E-state index contributed by atoms with van der Waals surface area (Å²) in [5.74, 6) is -1.63. The van der Waals surface area contributed by atoms with E-state index in [4.69, 9.17) is 10.5 Å². The molecule has 1 atom stereocenters. The van der Waals surface area contributed by atoms with Crippen molar-refractivity contribution >= 4 is 50.1 Å². The number of nitrogens with zero attached hydrogens (tertiary/aromatic N) is 2. The van der Waals surface area contributed by atoms with E-state index < -0.39 is 17.9 Å². The molecule has 0 aliphatic heterocycles. The van der Waals surface area contributed by atoms with Gasteiger partial charge in [0.25, 0.3) is 5.91 Å². The van der Waals surface area contributed by atoms with Crippen molar-refractivity contribution in [2.24, 2.45) is 5.73 Å². The number of carbonyl (C=O) groups excluding carboxylic acids is 3. The first-order valence-corrected chi connectivity index (χ1v) is 9.51. The molecule has 0 saturated heterocycles. The van der Waals surface area contributed by atoms with Crippen LogP contribution in [0, 0.1) is 6.92 Å². The summed E-state index contributed by atoms with van der Waals surface area (Å²) in [6.07, 6.45) is 3.76. The number of aromatic nitrogens is 2. The molecule has 0 saturated carbocycles. The van der Waals surface area contributed by atoms with Crippen molar-refractivity contribution in [1.82, 2.24) is 9.78 Å². The maximum absolute atomic E-state index is 12.7. The quantitative estimate of drug-likeness (QED) is 0.639. The number of ether oxygens (including phenoxy) is 1. The molecule has 8 nitrogen and oxygen atoms in total. The van der Waals surface area contributed by atoms with Crippen LogP contribution in [-0.4, -0.2) is 34.2 Å². The van der Waals surface area contributed by atoms with Crippen molar-refractivity contribution in [3.8, 4) is 0 Å². The average molecular weight is 443 g/mol. The van der Waals surface area contributed by atoms with E-state index >= 15 is 0 Å². The van der Waals surface area contributed by atoms with Crippen LogP contribution in [0.5, 0.6) is 0 Å². The molecule has 26 heavy (non-hydrogen) atoms. The molecule has 2 heterocycles. The highest BCUT2D eigenvalue weighted by atomic mass is 79.9. The minimum atomic E-state index is -0.665. The molecule has 1 unspecified atom stereocenters. The van der Waals surface area contributed by atoms with Gasteiger partial charge in [-0.2, -0.15) is 5.10 Å². The van der Waals surface area contributed by atoms with Gasteiger partial charge >= 0.3 is 5.97 Å². The Labute approximate surface area is 162 Å². The van der Waals surface area contributed by atoms with Crippen LogP contribution in [0.4, 0.5) is 5.00 Å². The Kier molecular flexibility index (Phi) is 6.54. The lowest BCUT2D eigenvalue weighted by molar-refractivity contribution is -0.119. The lowest BCUT2D eigenvalue weighted by atomic mass is 10.1. The SMILES string of the molecule is CCOC(=O)c1c(NC(=O)C(CC)n2cc(Br)cn2)sc(C(N)=O)c1C. The van der Waals surface area contributed by atoms with Crippen LogP contribution < -0.4 is 11.1 Å². The summed E-state index contributed by atoms with van der Waals surface area (Å²) in [6.45, 7) is 5.29. The van der Waals surface area contributed by atoms with Crippen LogP contribution in [-0.2, 0) is 9.53 Å². The van der Waals surface area contributed by atoms with E-state index in [2.05, 4.69) is 26.3 Å². The number of esters is 1. The molecule has 2 rings (SSSR count). The van der Waals surface area contributed by atoms with E-state index in [-0.39, 0.29) is 28.0 Å². The van der Waals surface area contributed by atoms with Crippen molar-refractivity contribution in [3.63, 3.8) is 0 Å². The van der Waals surface area contributed by atoms with Crippen molar-refractivity contribution in [1.29, 1.82) is 0 Å². The highest BCUT2D eigenvalue weighted by Crippen LogP contribution is 2.34. The molecule has 3 N–H and O–H groups in total. The zero-order valence-corrected chi connectivity index (χ0v) is 16.9. The Morgan fingerprint density at radius 1 is 1.42 bits per heavy atom. The third kappa shape index (κ3) is 4.13. The predicted molar refractivity (Wildman–Crippen MR) is 101 cm³/mol. The lowest BCUT2D eigenvalue weighted by Crippen LogP contribution is -2.26. The summed E-state index contributed by atoms with van der Waals surface area (Å²) >= 11 is 4.26. The van der Waals surface area contributed by atoms with Crippen molar-refractivity contribution in [2.45, 2.75) is 33.2 Å². The van der Waals surface area contributed by atoms with Gasteiger partial charge in [-0.05, 0) is 41.8 Å². The van der Waals surface area contributed by atoms with Crippen molar-refractivity contribution < 1.29 is 19.1 Å². The van der Waals surface area contributed by atoms with Gasteiger partial charge in [-0.15, -0.1) is 11.3 Å². The molecule has 0 bridgehead atoms. The van der Waals surface area contributed by atoms with Crippen LogP contribution in [0.3, 0.4) is 0 Å². The van der Waals surface area contributed by atoms with E-state index in [0.717, 1.165) is 15.8 Å². The number of primary amides is 1. The summed E-state index contributed by atoms with van der Waals surface area (Å²) in [4.78, 5) is 36.8. The second-order valence-electron chi connectivity index (χ2n) is 5.40. The fourth-order valence-electron chi connectivity index (χ4n) is 2.46. The fraction of sp³-hybridized carbons (Fsp3) is 0.375. The van der Waals surface area contributed by atoms with Gasteiger partial charge in [-0.1, -0.05) is 6.92 Å². The van der Waals surface area contributed by atoms with Crippen LogP contribution in [0.25, 0.3) is 0 Å². The van der Waals surface area contributed by atoms with Crippen molar-refractivity contribution in [3.05, 3.63) is 32.9 Å². The number of halogens is 1. The monoisotopic (exact) mass is 442 g/mol. The molecule has 2 amide bonds. The van der Waals surface area contributed by atoms with E-state index in [0.29, 0.717) is 12.0 Å². The Bertz CT molecular complexity index is 845. The second kappa shape index (κ2) is 8.45. The summed E-state index contributed by atoms with van der Waals surface area (Å²) < 4.78 is 7.32. The number of hydrogen-bond donors (Lipinski definition) is 2. The Hall–Kier alpha value is -2.20. The number of anilines is 1. The molecule has 0 radical (unpaired) electrons. The summed E-state index contributed by atoms with van der Waals surface area (Å²) in [7, 11) is 0. The van der Waals surface area contributed by atoms with E-state index in [1.807, 2.05) is 6.92 Å². The van der Waals surface area contributed by atoms with Gasteiger partial charge in [-0.25, -0.2) is 4.79 Å². The van der Waals surface area contributed by atoms with Gasteiger partial charge in [0.2, 0.25) is 5.91 Å². The minimum Gasteiger partial charge on any atom is -0.462 e. The zero-order valence-electron chi connectivity index (χ0n) is 14.5. The molecular weight excluding hydrogens is 424 g/mol. The molecular formula is C16H19BrN4O4S. The number of nitrogens with two attached hydrogens (primary N) is 1. The molecule has 2 aromatic heterocycles. The first-order chi connectivity index (χ1) is 12.3. The number of rotatable bonds is 7. The van der Waals surface area contributed by atoms with Gasteiger partial charge in [0, 0.05) is 6.20 Å². The molecule has 0 aliphatic carbocycles. The minimum absolute atomic E-state index is 0.149. The molecule has 0 aliphatic rings. The lowest BCUT2D eigenvalue weighted by Gasteiger charge is -2.15. The van der Waals surface area contributed by atoms with E-state index in [1.54, 1.807) is 26.2 Å². The fourth-order valence-corrected chi connectivity index (χ4v) is 3.81. The Morgan fingerprint density at radius 2 is 2.12 bits per heavy atom. The molecule has 0 aromatic carbocycles. The molecule has 0 fully saturated rings. The second-order valence-corrected chi connectivity index (χ2v) is 7.33. The number of thiophene rings is 1. The summed E-state index contributed by atoms with van der Waals surface area (Å²) in [5.41, 5.74) is 5.91. The summed E-state index contributed by atoms with van der Waals surface area (Å²) in [6, 6.07) is -0.573. The van der Waals surface area contributed by atoms with E-state index in [9.17, 15) is 14.4 Å². The van der Waals surface area contributed by atoms with E-state index in [1.165, 1.54) is 4.68 Å². The topological polar surface area (TPSA) is 116 Å². The first kappa shape index (κ1) is 20.1. The van der Waals surface area contributed by atoms with Crippen molar-refractivity contribution in [2.75, 3.05) is 11.9 Å². The van der Waals surface area contributed by atoms with Crippen LogP contribution >= 0.6 is 27.3 Å². The van der Waals surface area contributed by atoms with Crippen LogP contribution in [0.2, 0.25) is 0 Å². The molecule has 0 spiro atoms. The Balaban J connectivity index is 2.37. The average Bonchev–Trinajstić information content (AvgIpc) is 3.12. The summed E-state index contributed by atoms with van der Waals surface area (Å²) in [5, 5.41) is 7.09. The number of carbonyl (C=O) groups is 3. The number of hydrogen-bond acceptors (Lipinski definition) is 6. The molecule has 10 heteroatoms. The third-order valence-corrected chi connectivity index (χ3v) is 5.30. The number of nitrogens with one attached hydrogen (secondary N) is 1. The van der Waals surface area contributed by atoms with Crippen LogP contribution in [0.1, 0.15) is 51.9 Å². The standard InChI is InChI=1S/C16H19BrN4O4S/c1-4-10(21-7-9(17)6-19-21)14(23)20-15-11(16(24)25-5-2)8(3)12(26-15)13(18)22/h6-7,10H,4-5H2,1-3H3,(H2,18,22)(H,20,23). The third-order valence-electron chi connectivity index (χ3n) is 3.67. The largest absolute Gasteiger partial charge is 0.462 e. The normalized spacial score (nSPS) is 11.8. The maximum atomic E-state index is 12.7. The number of amides is 2. The van der Waals surface area contributed by atoms with Gasteiger partial charge in [0.1, 0.15) is 11.0 Å². The molecule has 2 aromatic rings. The highest BCUT2D eigenvalue weighted by Gasteiger charge is 2.28. The van der Waals surface area contributed by atoms with Gasteiger partial charge in [0.15, 0.2) is 0 Å². The maximum Gasteiger partial charge on any atom is 0.341 e. The van der Waals surface area contributed by atoms with Gasteiger partial charge in [-0.3, -0.25) is 14.3 Å². The Morgan fingerprint density at radius 3 is 2.62 bits per heavy atom. The van der Waals surface area contributed by atoms with Gasteiger partial charge in [0.05, 0.1) is 27.7 Å². The predicted octanol–water partition coefficient (Wildman–Crippen LogP) is 2.88. The molecule has 140 valence electrons. The van der Waals surface area contributed by atoms with Crippen LogP contribution in [0.15, 0.2) is 16.9 Å². The smallest absolute Gasteiger partial charge is 0.341 e.